The topological polar surface area (TPSA) is 85.4 Å². The van der Waals surface area contributed by atoms with E-state index in [0.717, 1.165) is 10.6 Å². The number of aryl methyl sites for hydroxylation is 2. The SMILES string of the molecule is Cc1cc(-n2c(C)cc(C(=O)CN3C(=O)[C@@H]4CC=CC[C@H]4C3=O)c2C)no1. The van der Waals surface area contributed by atoms with Crippen LogP contribution in [0.2, 0.25) is 0 Å². The second kappa shape index (κ2) is 6.33. The second-order valence-electron chi connectivity index (χ2n) is 7.26. The molecule has 2 aromatic rings. The van der Waals surface area contributed by atoms with Crippen molar-refractivity contribution in [1.29, 1.82) is 0 Å². The number of Topliss-reactive ketones (excluding diaryl/α,β-unsaturated/α-hetero) is 1. The van der Waals surface area contributed by atoms with Crippen molar-refractivity contribution in [3.8, 4) is 5.82 Å². The van der Waals surface area contributed by atoms with E-state index in [1.807, 2.05) is 30.6 Å². The summed E-state index contributed by atoms with van der Waals surface area (Å²) < 4.78 is 6.96. The summed E-state index contributed by atoms with van der Waals surface area (Å²) in [6.07, 6.45) is 5.01. The van der Waals surface area contributed by atoms with Crippen LogP contribution >= 0.6 is 0 Å². The molecule has 0 aromatic carbocycles. The van der Waals surface area contributed by atoms with Crippen LogP contribution < -0.4 is 0 Å². The number of nitrogens with zero attached hydrogens (tertiary/aromatic N) is 3. The Morgan fingerprint density at radius 2 is 1.74 bits per heavy atom. The van der Waals surface area contributed by atoms with Crippen LogP contribution in [0.15, 0.2) is 28.8 Å². The van der Waals surface area contributed by atoms with Crippen molar-refractivity contribution >= 4 is 17.6 Å². The fourth-order valence-corrected chi connectivity index (χ4v) is 4.11. The van der Waals surface area contributed by atoms with Gasteiger partial charge < -0.3 is 4.52 Å². The molecule has 2 amide bonds. The number of imide groups is 1. The van der Waals surface area contributed by atoms with Crippen LogP contribution in [0.1, 0.15) is 40.3 Å². The van der Waals surface area contributed by atoms with Gasteiger partial charge in [0.1, 0.15) is 5.76 Å². The standard InChI is InChI=1S/C20H21N3O4/c1-11-8-16(13(3)23(11)18-9-12(2)27-21-18)17(24)10-22-19(25)14-6-4-5-7-15(14)20(22)26/h4-5,8-9,14-15H,6-7,10H2,1-3H3/t14-,15-/m1/s1. The van der Waals surface area contributed by atoms with Gasteiger partial charge in [-0.3, -0.25) is 23.9 Å². The van der Waals surface area contributed by atoms with Crippen molar-refractivity contribution in [2.75, 3.05) is 6.54 Å². The van der Waals surface area contributed by atoms with Gasteiger partial charge in [-0.25, -0.2) is 0 Å². The van der Waals surface area contributed by atoms with Gasteiger partial charge in [0.2, 0.25) is 11.8 Å². The average molecular weight is 367 g/mol. The maximum absolute atomic E-state index is 12.9. The number of likely N-dealkylation sites (tertiary alicyclic amines) is 1. The number of hydrogen-bond donors (Lipinski definition) is 0. The van der Waals surface area contributed by atoms with Gasteiger partial charge in [-0.1, -0.05) is 17.3 Å². The molecule has 0 radical (unpaired) electrons. The molecule has 2 aromatic heterocycles. The lowest BCUT2D eigenvalue weighted by atomic mass is 9.85. The Bertz CT molecular complexity index is 956. The van der Waals surface area contributed by atoms with Crippen LogP contribution in [0.4, 0.5) is 0 Å². The zero-order valence-corrected chi connectivity index (χ0v) is 15.6. The minimum Gasteiger partial charge on any atom is -0.360 e. The van der Waals surface area contributed by atoms with Crippen molar-refractivity contribution in [3.05, 3.63) is 47.0 Å². The van der Waals surface area contributed by atoms with E-state index in [4.69, 9.17) is 4.52 Å². The van der Waals surface area contributed by atoms with Crippen LogP contribution in [0, 0.1) is 32.6 Å². The summed E-state index contributed by atoms with van der Waals surface area (Å²) in [6, 6.07) is 3.56. The van der Waals surface area contributed by atoms with Crippen molar-refractivity contribution in [2.45, 2.75) is 33.6 Å². The Morgan fingerprint density at radius 3 is 2.30 bits per heavy atom. The lowest BCUT2D eigenvalue weighted by molar-refractivity contribution is -0.139. The minimum atomic E-state index is -0.319. The lowest BCUT2D eigenvalue weighted by Crippen LogP contribution is -2.36. The number of aromatic nitrogens is 2. The highest BCUT2D eigenvalue weighted by Crippen LogP contribution is 2.35. The number of fused-ring (bicyclic) bond motifs is 1. The third-order valence-corrected chi connectivity index (χ3v) is 5.48. The Labute approximate surface area is 156 Å². The van der Waals surface area contributed by atoms with E-state index in [9.17, 15) is 14.4 Å². The van der Waals surface area contributed by atoms with Crippen LogP contribution in [0.5, 0.6) is 0 Å². The first-order valence-electron chi connectivity index (χ1n) is 9.04. The second-order valence-corrected chi connectivity index (χ2v) is 7.26. The number of carbonyl (C=O) groups excluding carboxylic acids is 3. The van der Waals surface area contributed by atoms with Gasteiger partial charge in [0.05, 0.1) is 18.4 Å². The van der Waals surface area contributed by atoms with Crippen molar-refractivity contribution in [3.63, 3.8) is 0 Å². The zero-order chi connectivity index (χ0) is 19.3. The molecule has 1 fully saturated rings. The monoisotopic (exact) mass is 367 g/mol. The van der Waals surface area contributed by atoms with Gasteiger partial charge in [0.25, 0.3) is 0 Å². The van der Waals surface area contributed by atoms with Crippen LogP contribution in [-0.4, -0.2) is 38.8 Å². The molecule has 1 aliphatic carbocycles. The number of ketones is 1. The average Bonchev–Trinajstić information content (AvgIpc) is 3.26. The highest BCUT2D eigenvalue weighted by molar-refractivity contribution is 6.10. The molecule has 0 saturated carbocycles. The maximum atomic E-state index is 12.9. The molecule has 0 N–H and O–H groups in total. The fourth-order valence-electron chi connectivity index (χ4n) is 4.11. The van der Waals surface area contributed by atoms with Crippen LogP contribution in [0.3, 0.4) is 0 Å². The van der Waals surface area contributed by atoms with Gasteiger partial charge in [0, 0.05) is 23.0 Å². The zero-order valence-electron chi connectivity index (χ0n) is 15.6. The highest BCUT2D eigenvalue weighted by atomic mass is 16.5. The number of rotatable bonds is 4. The molecule has 7 heteroatoms. The summed E-state index contributed by atoms with van der Waals surface area (Å²) in [7, 11) is 0. The molecule has 4 rings (SSSR count). The molecule has 7 nitrogen and oxygen atoms in total. The third-order valence-electron chi connectivity index (χ3n) is 5.48. The molecule has 1 aliphatic heterocycles. The van der Waals surface area contributed by atoms with Gasteiger partial charge in [-0.2, -0.15) is 0 Å². The normalized spacial score (nSPS) is 21.8. The summed E-state index contributed by atoms with van der Waals surface area (Å²) in [5.74, 6) is -0.0707. The van der Waals surface area contributed by atoms with Gasteiger partial charge in [-0.05, 0) is 39.7 Å². The summed E-state index contributed by atoms with van der Waals surface area (Å²) in [5, 5.41) is 4.01. The molecular weight excluding hydrogens is 346 g/mol. The van der Waals surface area contributed by atoms with E-state index >= 15 is 0 Å². The molecule has 0 bridgehead atoms. The Morgan fingerprint density at radius 1 is 1.11 bits per heavy atom. The van der Waals surface area contributed by atoms with Crippen LogP contribution in [-0.2, 0) is 9.59 Å². The largest absolute Gasteiger partial charge is 0.360 e. The molecule has 2 atom stereocenters. The fraction of sp³-hybridized carbons (Fsp3) is 0.400. The van der Waals surface area contributed by atoms with Gasteiger partial charge >= 0.3 is 0 Å². The van der Waals surface area contributed by atoms with E-state index in [0.29, 0.717) is 35.7 Å². The minimum absolute atomic E-state index is 0.215. The first kappa shape index (κ1) is 17.5. The number of hydrogen-bond acceptors (Lipinski definition) is 5. The number of carbonyl (C=O) groups is 3. The van der Waals surface area contributed by atoms with E-state index in [-0.39, 0.29) is 36.0 Å². The quantitative estimate of drug-likeness (QED) is 0.471. The Balaban J connectivity index is 1.59. The lowest BCUT2D eigenvalue weighted by Gasteiger charge is -2.14. The third kappa shape index (κ3) is 2.74. The molecule has 3 heterocycles. The molecule has 0 unspecified atom stereocenters. The summed E-state index contributed by atoms with van der Waals surface area (Å²) in [5.41, 5.74) is 2.03. The Hall–Kier alpha value is -2.96. The molecule has 140 valence electrons. The molecule has 27 heavy (non-hydrogen) atoms. The number of allylic oxidation sites excluding steroid dienone is 2. The Kier molecular flexibility index (Phi) is 4.09. The van der Waals surface area contributed by atoms with Gasteiger partial charge in [0.15, 0.2) is 11.6 Å². The molecule has 1 saturated heterocycles. The summed E-state index contributed by atoms with van der Waals surface area (Å²) in [4.78, 5) is 39.2. The van der Waals surface area contributed by atoms with Crippen molar-refractivity contribution in [1.82, 2.24) is 14.6 Å². The first-order valence-corrected chi connectivity index (χ1v) is 9.04. The molecule has 2 aliphatic rings. The predicted octanol–water partition coefficient (Wildman–Crippen LogP) is 2.52. The molecule has 0 spiro atoms. The summed E-state index contributed by atoms with van der Waals surface area (Å²) >= 11 is 0. The highest BCUT2D eigenvalue weighted by Gasteiger charge is 2.47. The van der Waals surface area contributed by atoms with Crippen molar-refractivity contribution < 1.29 is 18.9 Å². The van der Waals surface area contributed by atoms with Gasteiger partial charge in [-0.15, -0.1) is 0 Å². The van der Waals surface area contributed by atoms with E-state index in [1.54, 1.807) is 19.1 Å². The van der Waals surface area contributed by atoms with E-state index < -0.39 is 0 Å². The van der Waals surface area contributed by atoms with Crippen molar-refractivity contribution in [2.24, 2.45) is 11.8 Å². The smallest absolute Gasteiger partial charge is 0.233 e. The summed E-state index contributed by atoms with van der Waals surface area (Å²) in [6.45, 7) is 5.28. The van der Waals surface area contributed by atoms with E-state index in [2.05, 4.69) is 5.16 Å². The first-order chi connectivity index (χ1) is 12.9. The predicted molar refractivity (Wildman–Crippen MR) is 96.4 cm³/mol. The number of amides is 2. The van der Waals surface area contributed by atoms with Crippen LogP contribution in [0.25, 0.3) is 5.82 Å². The molecular formula is C20H21N3O4. The van der Waals surface area contributed by atoms with E-state index in [1.165, 1.54) is 0 Å². The maximum Gasteiger partial charge on any atom is 0.233 e.